The predicted molar refractivity (Wildman–Crippen MR) is 120 cm³/mol. The molecule has 0 aliphatic rings. The Balaban J connectivity index is 1.39. The van der Waals surface area contributed by atoms with Gasteiger partial charge in [-0.25, -0.2) is 4.68 Å². The summed E-state index contributed by atoms with van der Waals surface area (Å²) in [6.07, 6.45) is 7.23. The summed E-state index contributed by atoms with van der Waals surface area (Å²) in [6.45, 7) is 0.587. The Morgan fingerprint density at radius 2 is 1.81 bits per heavy atom. The predicted octanol–water partition coefficient (Wildman–Crippen LogP) is 4.08. The quantitative estimate of drug-likeness (QED) is 0.467. The Hall–Kier alpha value is -4.77. The van der Waals surface area contributed by atoms with E-state index in [1.54, 1.807) is 12.4 Å². The van der Waals surface area contributed by atoms with Gasteiger partial charge in [0, 0.05) is 23.2 Å². The van der Waals surface area contributed by atoms with E-state index >= 15 is 0 Å². The lowest BCUT2D eigenvalue weighted by atomic mass is 10.1. The summed E-state index contributed by atoms with van der Waals surface area (Å²) < 4.78 is 3.81. The number of nitriles is 1. The molecule has 0 aliphatic carbocycles. The number of rotatable bonds is 4. The number of hydrogen-bond donors (Lipinski definition) is 1. The van der Waals surface area contributed by atoms with E-state index in [1.165, 1.54) is 0 Å². The van der Waals surface area contributed by atoms with Crippen molar-refractivity contribution in [1.82, 2.24) is 34.7 Å². The number of fused-ring (bicyclic) bond motifs is 2. The number of nitrogens with zero attached hydrogens (tertiary/aromatic N) is 7. The Kier molecular flexibility index (Phi) is 4.05. The zero-order chi connectivity index (χ0) is 21.5. The van der Waals surface area contributed by atoms with Crippen LogP contribution in [0.1, 0.15) is 11.1 Å². The molecule has 152 valence electrons. The van der Waals surface area contributed by atoms with Crippen LogP contribution in [-0.4, -0.2) is 34.7 Å². The standard InChI is InChI=1S/C24H16N8/c25-11-16-1-3-17(4-2-16)15-31-23(7-8-28-31)22-10-24-19(12-26-22)14-29-32(24)20-6-5-18-13-27-30-21(18)9-20/h1-10,12-14H,15H2,(H,27,30). The average molecular weight is 416 g/mol. The fourth-order valence-corrected chi connectivity index (χ4v) is 3.86. The van der Waals surface area contributed by atoms with Crippen LogP contribution in [0.4, 0.5) is 0 Å². The summed E-state index contributed by atoms with van der Waals surface area (Å²) in [5.74, 6) is 0. The van der Waals surface area contributed by atoms with Crippen LogP contribution in [0.25, 0.3) is 38.9 Å². The molecule has 1 N–H and O–H groups in total. The molecule has 0 saturated heterocycles. The summed E-state index contributed by atoms with van der Waals surface area (Å²) in [5.41, 5.74) is 6.29. The molecule has 8 heteroatoms. The second kappa shape index (κ2) is 7.18. The summed E-state index contributed by atoms with van der Waals surface area (Å²) >= 11 is 0. The molecule has 0 atom stereocenters. The van der Waals surface area contributed by atoms with E-state index in [0.717, 1.165) is 44.4 Å². The Morgan fingerprint density at radius 3 is 2.69 bits per heavy atom. The van der Waals surface area contributed by atoms with Crippen LogP contribution in [0.5, 0.6) is 0 Å². The van der Waals surface area contributed by atoms with E-state index in [9.17, 15) is 0 Å². The van der Waals surface area contributed by atoms with Crippen LogP contribution < -0.4 is 0 Å². The second-order valence-corrected chi connectivity index (χ2v) is 7.51. The summed E-state index contributed by atoms with van der Waals surface area (Å²) in [4.78, 5) is 4.65. The van der Waals surface area contributed by atoms with Gasteiger partial charge in [-0.3, -0.25) is 14.8 Å². The summed E-state index contributed by atoms with van der Waals surface area (Å²) in [5, 5.41) is 27.2. The van der Waals surface area contributed by atoms with Crippen molar-refractivity contribution in [1.29, 1.82) is 5.26 Å². The van der Waals surface area contributed by atoms with Gasteiger partial charge in [-0.2, -0.15) is 20.6 Å². The highest BCUT2D eigenvalue weighted by Crippen LogP contribution is 2.25. The molecule has 6 aromatic rings. The first-order chi connectivity index (χ1) is 15.8. The van der Waals surface area contributed by atoms with Gasteiger partial charge in [-0.05, 0) is 48.0 Å². The molecule has 0 spiro atoms. The first-order valence-electron chi connectivity index (χ1n) is 10.1. The van der Waals surface area contributed by atoms with Crippen molar-refractivity contribution in [2.45, 2.75) is 6.54 Å². The van der Waals surface area contributed by atoms with E-state index in [4.69, 9.17) is 5.26 Å². The molecular weight excluding hydrogens is 400 g/mol. The average Bonchev–Trinajstić information content (AvgIpc) is 3.58. The van der Waals surface area contributed by atoms with Gasteiger partial charge in [0.1, 0.15) is 0 Å². The molecule has 0 unspecified atom stereocenters. The number of aromatic amines is 1. The largest absolute Gasteiger partial charge is 0.278 e. The molecule has 0 bridgehead atoms. The molecule has 0 aliphatic heterocycles. The van der Waals surface area contributed by atoms with Crippen LogP contribution in [0.3, 0.4) is 0 Å². The molecule has 0 radical (unpaired) electrons. The Morgan fingerprint density at radius 1 is 0.906 bits per heavy atom. The number of benzene rings is 2. The van der Waals surface area contributed by atoms with Gasteiger partial charge in [-0.15, -0.1) is 0 Å². The molecule has 0 saturated carbocycles. The van der Waals surface area contributed by atoms with Gasteiger partial charge in [0.15, 0.2) is 0 Å². The van der Waals surface area contributed by atoms with E-state index in [2.05, 4.69) is 31.4 Å². The molecule has 0 amide bonds. The second-order valence-electron chi connectivity index (χ2n) is 7.51. The van der Waals surface area contributed by atoms with Gasteiger partial charge >= 0.3 is 0 Å². The van der Waals surface area contributed by atoms with Crippen LogP contribution in [0.2, 0.25) is 0 Å². The van der Waals surface area contributed by atoms with Crippen molar-refractivity contribution in [3.8, 4) is 23.1 Å². The lowest BCUT2D eigenvalue weighted by Gasteiger charge is -2.09. The lowest BCUT2D eigenvalue weighted by molar-refractivity contribution is 0.693. The Bertz CT molecular complexity index is 1610. The van der Waals surface area contributed by atoms with Crippen LogP contribution >= 0.6 is 0 Å². The Labute approximate surface area is 182 Å². The molecule has 0 fully saturated rings. The van der Waals surface area contributed by atoms with Crippen molar-refractivity contribution in [2.24, 2.45) is 0 Å². The van der Waals surface area contributed by atoms with Crippen molar-refractivity contribution >= 4 is 21.8 Å². The van der Waals surface area contributed by atoms with Gasteiger partial charge in [-0.1, -0.05) is 12.1 Å². The van der Waals surface area contributed by atoms with Crippen LogP contribution in [0.15, 0.2) is 79.4 Å². The van der Waals surface area contributed by atoms with Gasteiger partial charge in [0.25, 0.3) is 0 Å². The highest BCUT2D eigenvalue weighted by molar-refractivity contribution is 5.85. The molecule has 2 aromatic carbocycles. The fraction of sp³-hybridized carbons (Fsp3) is 0.0417. The molecule has 6 rings (SSSR count). The third-order valence-electron chi connectivity index (χ3n) is 5.52. The first kappa shape index (κ1) is 18.0. The maximum absolute atomic E-state index is 9.00. The van der Waals surface area contributed by atoms with Crippen molar-refractivity contribution in [2.75, 3.05) is 0 Å². The summed E-state index contributed by atoms with van der Waals surface area (Å²) in [7, 11) is 0. The number of nitrogens with one attached hydrogen (secondary N) is 1. The van der Waals surface area contributed by atoms with E-state index in [0.29, 0.717) is 12.1 Å². The first-order valence-corrected chi connectivity index (χ1v) is 10.1. The smallest absolute Gasteiger partial charge is 0.0991 e. The van der Waals surface area contributed by atoms with Crippen molar-refractivity contribution in [3.05, 3.63) is 90.5 Å². The van der Waals surface area contributed by atoms with E-state index < -0.39 is 0 Å². The lowest BCUT2D eigenvalue weighted by Crippen LogP contribution is -2.04. The minimum Gasteiger partial charge on any atom is -0.278 e. The van der Waals surface area contributed by atoms with Crippen molar-refractivity contribution in [3.63, 3.8) is 0 Å². The van der Waals surface area contributed by atoms with Gasteiger partial charge in [0.2, 0.25) is 0 Å². The highest BCUT2D eigenvalue weighted by Gasteiger charge is 2.12. The topological polar surface area (TPSA) is 101 Å². The minimum absolute atomic E-state index is 0.587. The molecule has 4 aromatic heterocycles. The molecular formula is C24H16N8. The summed E-state index contributed by atoms with van der Waals surface area (Å²) in [6, 6.07) is 19.7. The fourth-order valence-electron chi connectivity index (χ4n) is 3.86. The molecule has 32 heavy (non-hydrogen) atoms. The number of pyridine rings is 1. The van der Waals surface area contributed by atoms with Crippen LogP contribution in [0, 0.1) is 11.3 Å². The highest BCUT2D eigenvalue weighted by atomic mass is 15.3. The SMILES string of the molecule is N#Cc1ccc(Cn2nccc2-c2cc3c(cn2)cnn3-c2ccc3cn[nH]c3c2)cc1. The molecule has 8 nitrogen and oxygen atoms in total. The molecule has 4 heterocycles. The third-order valence-corrected chi connectivity index (χ3v) is 5.52. The third kappa shape index (κ3) is 3.00. The van der Waals surface area contributed by atoms with Gasteiger partial charge in [0.05, 0.1) is 58.7 Å². The minimum atomic E-state index is 0.587. The monoisotopic (exact) mass is 416 g/mol. The zero-order valence-corrected chi connectivity index (χ0v) is 16.8. The number of H-pyrrole nitrogens is 1. The zero-order valence-electron chi connectivity index (χ0n) is 16.8. The van der Waals surface area contributed by atoms with E-state index in [-0.39, 0.29) is 0 Å². The maximum atomic E-state index is 9.00. The van der Waals surface area contributed by atoms with Crippen molar-refractivity contribution < 1.29 is 0 Å². The number of aromatic nitrogens is 7. The van der Waals surface area contributed by atoms with E-state index in [1.807, 2.05) is 76.4 Å². The number of hydrogen-bond acceptors (Lipinski definition) is 5. The van der Waals surface area contributed by atoms with Gasteiger partial charge < -0.3 is 0 Å². The maximum Gasteiger partial charge on any atom is 0.0991 e. The normalized spacial score (nSPS) is 11.2. The van der Waals surface area contributed by atoms with Crippen LogP contribution in [-0.2, 0) is 6.54 Å².